The molecule has 21 heavy (non-hydrogen) atoms. The van der Waals surface area contributed by atoms with E-state index in [1.54, 1.807) is 0 Å². The van der Waals surface area contributed by atoms with Crippen molar-refractivity contribution in [2.75, 3.05) is 31.6 Å². The first-order valence-electron chi connectivity index (χ1n) is 8.51. The Labute approximate surface area is 128 Å². The Morgan fingerprint density at radius 1 is 1.24 bits per heavy atom. The molecule has 2 unspecified atom stereocenters. The van der Waals surface area contributed by atoms with E-state index in [-0.39, 0.29) is 0 Å². The fourth-order valence-corrected chi connectivity index (χ4v) is 3.75. The van der Waals surface area contributed by atoms with E-state index in [1.165, 1.54) is 56.3 Å². The first kappa shape index (κ1) is 14.9. The van der Waals surface area contributed by atoms with Gasteiger partial charge in [-0.05, 0) is 57.2 Å². The van der Waals surface area contributed by atoms with Crippen LogP contribution in [0.5, 0.6) is 0 Å². The topological polar surface area (TPSA) is 24.5 Å². The van der Waals surface area contributed by atoms with Crippen molar-refractivity contribution in [3.63, 3.8) is 0 Å². The Kier molecular flexibility index (Phi) is 5.15. The number of ether oxygens (including phenoxy) is 1. The summed E-state index contributed by atoms with van der Waals surface area (Å²) in [5, 5.41) is 3.47. The van der Waals surface area contributed by atoms with E-state index in [4.69, 9.17) is 4.74 Å². The molecule has 2 aliphatic heterocycles. The summed E-state index contributed by atoms with van der Waals surface area (Å²) in [5.74, 6) is 0. The van der Waals surface area contributed by atoms with Crippen LogP contribution in [0.3, 0.4) is 0 Å². The Morgan fingerprint density at radius 3 is 2.95 bits per heavy atom. The van der Waals surface area contributed by atoms with Crippen molar-refractivity contribution in [1.29, 1.82) is 0 Å². The van der Waals surface area contributed by atoms with Crippen LogP contribution in [0.2, 0.25) is 0 Å². The van der Waals surface area contributed by atoms with E-state index in [2.05, 4.69) is 41.5 Å². The zero-order valence-corrected chi connectivity index (χ0v) is 13.2. The average molecular weight is 288 g/mol. The molecule has 0 aromatic heterocycles. The van der Waals surface area contributed by atoms with Crippen LogP contribution in [0.25, 0.3) is 0 Å². The molecule has 1 saturated heterocycles. The van der Waals surface area contributed by atoms with Crippen LogP contribution >= 0.6 is 0 Å². The molecule has 1 N–H and O–H groups in total. The maximum absolute atomic E-state index is 5.74. The highest BCUT2D eigenvalue weighted by molar-refractivity contribution is 5.55. The quantitative estimate of drug-likeness (QED) is 0.897. The van der Waals surface area contributed by atoms with Crippen LogP contribution in [0.1, 0.15) is 50.1 Å². The summed E-state index contributed by atoms with van der Waals surface area (Å²) in [6, 6.07) is 9.42. The molecule has 0 aliphatic carbocycles. The van der Waals surface area contributed by atoms with E-state index in [9.17, 15) is 0 Å². The van der Waals surface area contributed by atoms with E-state index >= 15 is 0 Å². The van der Waals surface area contributed by atoms with Gasteiger partial charge < -0.3 is 15.0 Å². The summed E-state index contributed by atoms with van der Waals surface area (Å²) in [4.78, 5) is 2.58. The molecule has 2 heterocycles. The molecular formula is C18H28N2O. The molecule has 1 fully saturated rings. The lowest BCUT2D eigenvalue weighted by Crippen LogP contribution is -2.26. The zero-order valence-electron chi connectivity index (χ0n) is 13.2. The molecule has 0 bridgehead atoms. The molecule has 2 aliphatic rings. The normalized spacial score (nSPS) is 25.7. The fourth-order valence-electron chi connectivity index (χ4n) is 3.75. The molecule has 3 nitrogen and oxygen atoms in total. The number of nitrogens with zero attached hydrogens (tertiary/aromatic N) is 1. The number of rotatable bonds is 5. The van der Waals surface area contributed by atoms with Crippen molar-refractivity contribution in [3.05, 3.63) is 29.8 Å². The van der Waals surface area contributed by atoms with Crippen LogP contribution < -0.4 is 10.2 Å². The van der Waals surface area contributed by atoms with Gasteiger partial charge in [-0.2, -0.15) is 0 Å². The highest BCUT2D eigenvalue weighted by Gasteiger charge is 2.22. The van der Waals surface area contributed by atoms with Gasteiger partial charge in [-0.25, -0.2) is 0 Å². The Morgan fingerprint density at radius 2 is 2.14 bits per heavy atom. The smallest absolute Gasteiger partial charge is 0.0576 e. The molecule has 1 aromatic carbocycles. The molecule has 116 valence electrons. The molecule has 0 saturated carbocycles. The van der Waals surface area contributed by atoms with Crippen molar-refractivity contribution in [2.45, 2.75) is 50.7 Å². The third-order valence-electron chi connectivity index (χ3n) is 4.90. The largest absolute Gasteiger partial charge is 0.378 e. The number of anilines is 1. The van der Waals surface area contributed by atoms with E-state index < -0.39 is 0 Å². The number of benzene rings is 1. The van der Waals surface area contributed by atoms with Gasteiger partial charge in [0, 0.05) is 31.4 Å². The molecular weight excluding hydrogens is 260 g/mol. The molecule has 0 spiro atoms. The van der Waals surface area contributed by atoms with Gasteiger partial charge in [0.15, 0.2) is 0 Å². The van der Waals surface area contributed by atoms with Gasteiger partial charge in [0.05, 0.1) is 6.10 Å². The van der Waals surface area contributed by atoms with Crippen molar-refractivity contribution in [1.82, 2.24) is 5.32 Å². The minimum atomic E-state index is 0.504. The van der Waals surface area contributed by atoms with Gasteiger partial charge in [0.2, 0.25) is 0 Å². The van der Waals surface area contributed by atoms with Crippen LogP contribution in [-0.2, 0) is 4.74 Å². The van der Waals surface area contributed by atoms with Crippen LogP contribution in [0.15, 0.2) is 24.3 Å². The van der Waals surface area contributed by atoms with Crippen LogP contribution in [0.4, 0.5) is 5.69 Å². The minimum absolute atomic E-state index is 0.504. The van der Waals surface area contributed by atoms with Crippen molar-refractivity contribution >= 4 is 5.69 Å². The number of nitrogens with one attached hydrogen (secondary N) is 1. The molecule has 1 aromatic rings. The number of fused-ring (bicyclic) bond motifs is 1. The highest BCUT2D eigenvalue weighted by atomic mass is 16.5. The molecule has 0 amide bonds. The van der Waals surface area contributed by atoms with Gasteiger partial charge >= 0.3 is 0 Å². The number of para-hydroxylation sites is 1. The van der Waals surface area contributed by atoms with Gasteiger partial charge in [-0.3, -0.25) is 0 Å². The van der Waals surface area contributed by atoms with E-state index in [0.717, 1.165) is 13.2 Å². The summed E-state index contributed by atoms with van der Waals surface area (Å²) >= 11 is 0. The van der Waals surface area contributed by atoms with E-state index in [1.807, 2.05) is 0 Å². The Balaban J connectivity index is 1.63. The Bertz CT molecular complexity index is 443. The van der Waals surface area contributed by atoms with Gasteiger partial charge in [0.1, 0.15) is 0 Å². The lowest BCUT2D eigenvalue weighted by atomic mass is 10.0. The van der Waals surface area contributed by atoms with Crippen LogP contribution in [-0.4, -0.2) is 32.8 Å². The molecule has 2 atom stereocenters. The van der Waals surface area contributed by atoms with E-state index in [0.29, 0.717) is 12.1 Å². The first-order valence-corrected chi connectivity index (χ1v) is 8.51. The minimum Gasteiger partial charge on any atom is -0.378 e. The van der Waals surface area contributed by atoms with Crippen molar-refractivity contribution < 1.29 is 4.74 Å². The van der Waals surface area contributed by atoms with Crippen molar-refractivity contribution in [3.8, 4) is 0 Å². The fraction of sp³-hybridized carbons (Fsp3) is 0.667. The summed E-state index contributed by atoms with van der Waals surface area (Å²) in [7, 11) is 2.08. The maximum Gasteiger partial charge on any atom is 0.0576 e. The summed E-state index contributed by atoms with van der Waals surface area (Å²) in [6.45, 7) is 3.31. The monoisotopic (exact) mass is 288 g/mol. The SMILES string of the molecule is CNC1CCCN(CCCC2CCCO2)c2ccccc21. The zero-order chi connectivity index (χ0) is 14.5. The number of hydrogen-bond acceptors (Lipinski definition) is 3. The standard InChI is InChI=1S/C18H28N2O/c1-19-17-10-5-13-20(18-11-3-2-9-16(17)18)12-4-7-15-8-6-14-21-15/h2-3,9,11,15,17,19H,4-8,10,12-14H2,1H3. The molecule has 3 heteroatoms. The first-order chi connectivity index (χ1) is 10.4. The number of hydrogen-bond donors (Lipinski definition) is 1. The second kappa shape index (κ2) is 7.28. The van der Waals surface area contributed by atoms with Crippen molar-refractivity contribution in [2.24, 2.45) is 0 Å². The molecule has 0 radical (unpaired) electrons. The third-order valence-corrected chi connectivity index (χ3v) is 4.90. The summed E-state index contributed by atoms with van der Waals surface area (Å²) in [6.07, 6.45) is 7.99. The lowest BCUT2D eigenvalue weighted by molar-refractivity contribution is 0.103. The predicted molar refractivity (Wildman–Crippen MR) is 87.9 cm³/mol. The summed E-state index contributed by atoms with van der Waals surface area (Å²) in [5.41, 5.74) is 2.90. The second-order valence-corrected chi connectivity index (χ2v) is 6.31. The van der Waals surface area contributed by atoms with Gasteiger partial charge in [-0.1, -0.05) is 18.2 Å². The predicted octanol–water partition coefficient (Wildman–Crippen LogP) is 3.51. The van der Waals surface area contributed by atoms with Gasteiger partial charge in [-0.15, -0.1) is 0 Å². The molecule has 3 rings (SSSR count). The third kappa shape index (κ3) is 3.58. The average Bonchev–Trinajstić information content (AvgIpc) is 2.97. The summed E-state index contributed by atoms with van der Waals surface area (Å²) < 4.78 is 5.74. The Hall–Kier alpha value is -1.06. The van der Waals surface area contributed by atoms with Crippen LogP contribution in [0, 0.1) is 0 Å². The van der Waals surface area contributed by atoms with Gasteiger partial charge in [0.25, 0.3) is 0 Å². The lowest BCUT2D eigenvalue weighted by Gasteiger charge is -2.26. The highest BCUT2D eigenvalue weighted by Crippen LogP contribution is 2.32. The maximum atomic E-state index is 5.74. The second-order valence-electron chi connectivity index (χ2n) is 6.31.